The number of hydrogen-bond acceptors (Lipinski definition) is 3. The third kappa shape index (κ3) is 3.97. The second kappa shape index (κ2) is 5.06. The average molecular weight is 222 g/mol. The molecule has 0 aliphatic carbocycles. The minimum Gasteiger partial charge on any atom is -0.296 e. The number of nitrogens with zero attached hydrogens (tertiary/aromatic N) is 1. The van der Waals surface area contributed by atoms with Crippen molar-refractivity contribution >= 4 is 0 Å². The predicted octanol–water partition coefficient (Wildman–Crippen LogP) is 2.52. The second-order valence-corrected chi connectivity index (χ2v) is 4.45. The molecule has 4 heteroatoms. The van der Waals surface area contributed by atoms with Crippen molar-refractivity contribution in [1.82, 2.24) is 5.48 Å². The first-order chi connectivity index (χ1) is 7.42. The Bertz CT molecular complexity index is 404. The summed E-state index contributed by atoms with van der Waals surface area (Å²) in [6.45, 7) is 6.00. The highest BCUT2D eigenvalue weighted by molar-refractivity contribution is 5.37. The second-order valence-electron chi connectivity index (χ2n) is 4.45. The van der Waals surface area contributed by atoms with Gasteiger partial charge >= 0.3 is 0 Å². The Hall–Kier alpha value is -1.44. The van der Waals surface area contributed by atoms with E-state index in [0.717, 1.165) is 0 Å². The molecule has 0 aromatic heterocycles. The molecule has 1 rings (SSSR count). The van der Waals surface area contributed by atoms with Crippen LogP contribution in [0.15, 0.2) is 18.2 Å². The summed E-state index contributed by atoms with van der Waals surface area (Å²) in [7, 11) is 0. The quantitative estimate of drug-likeness (QED) is 0.799. The molecule has 86 valence electrons. The molecule has 0 unspecified atom stereocenters. The normalized spacial score (nSPS) is 11.2. The zero-order valence-electron chi connectivity index (χ0n) is 9.67. The van der Waals surface area contributed by atoms with Crippen LogP contribution in [0.3, 0.4) is 0 Å². The molecule has 0 spiro atoms. The van der Waals surface area contributed by atoms with Crippen LogP contribution in [0.1, 0.15) is 31.9 Å². The number of benzene rings is 1. The zero-order valence-corrected chi connectivity index (χ0v) is 9.67. The van der Waals surface area contributed by atoms with Crippen molar-refractivity contribution in [2.24, 2.45) is 0 Å². The molecule has 3 nitrogen and oxygen atoms in total. The fourth-order valence-corrected chi connectivity index (χ4v) is 1.15. The summed E-state index contributed by atoms with van der Waals surface area (Å²) in [6.07, 6.45) is 0. The van der Waals surface area contributed by atoms with Gasteiger partial charge in [0, 0.05) is 6.54 Å². The zero-order chi connectivity index (χ0) is 12.2. The average Bonchev–Trinajstić information content (AvgIpc) is 2.16. The highest BCUT2D eigenvalue weighted by Crippen LogP contribution is 2.11. The molecule has 0 fully saturated rings. The van der Waals surface area contributed by atoms with Crippen LogP contribution < -0.4 is 5.48 Å². The minimum atomic E-state index is -0.355. The van der Waals surface area contributed by atoms with Crippen LogP contribution in [0, 0.1) is 17.1 Å². The summed E-state index contributed by atoms with van der Waals surface area (Å²) >= 11 is 0. The lowest BCUT2D eigenvalue weighted by Crippen LogP contribution is -2.28. The van der Waals surface area contributed by atoms with Gasteiger partial charge in [-0.25, -0.2) is 4.39 Å². The Morgan fingerprint density at radius 1 is 1.44 bits per heavy atom. The van der Waals surface area contributed by atoms with Crippen molar-refractivity contribution in [3.8, 4) is 6.07 Å². The van der Waals surface area contributed by atoms with E-state index < -0.39 is 0 Å². The molecule has 0 heterocycles. The first-order valence-electron chi connectivity index (χ1n) is 5.02. The van der Waals surface area contributed by atoms with Crippen LogP contribution in [0.2, 0.25) is 0 Å². The van der Waals surface area contributed by atoms with Crippen LogP contribution in [0.5, 0.6) is 0 Å². The van der Waals surface area contributed by atoms with E-state index in [2.05, 4.69) is 5.48 Å². The molecule has 1 N–H and O–H groups in total. The molecular formula is C12H15FN2O. The van der Waals surface area contributed by atoms with Gasteiger partial charge in [-0.15, -0.1) is 0 Å². The van der Waals surface area contributed by atoms with Gasteiger partial charge in [-0.2, -0.15) is 10.7 Å². The monoisotopic (exact) mass is 222 g/mol. The molecule has 0 amide bonds. The largest absolute Gasteiger partial charge is 0.296 e. The molecule has 0 aliphatic heterocycles. The fourth-order valence-electron chi connectivity index (χ4n) is 1.15. The van der Waals surface area contributed by atoms with Crippen LogP contribution in [0.25, 0.3) is 0 Å². The van der Waals surface area contributed by atoms with Gasteiger partial charge in [-0.3, -0.25) is 4.84 Å². The molecule has 0 bridgehead atoms. The maximum absolute atomic E-state index is 13.0. The Morgan fingerprint density at radius 3 is 2.69 bits per heavy atom. The van der Waals surface area contributed by atoms with Gasteiger partial charge in [-0.05, 0) is 44.5 Å². The van der Waals surface area contributed by atoms with E-state index in [1.807, 2.05) is 26.8 Å². The van der Waals surface area contributed by atoms with Gasteiger partial charge < -0.3 is 0 Å². The SMILES string of the molecule is CC(C)(C)ONCc1cc(F)ccc1C#N. The molecule has 1 aromatic carbocycles. The summed E-state index contributed by atoms with van der Waals surface area (Å²) in [5.41, 5.74) is 3.45. The lowest BCUT2D eigenvalue weighted by molar-refractivity contribution is -0.0758. The van der Waals surface area contributed by atoms with Gasteiger partial charge in [0.2, 0.25) is 0 Å². The molecule has 0 saturated carbocycles. The van der Waals surface area contributed by atoms with Gasteiger partial charge in [0.05, 0.1) is 17.2 Å². The van der Waals surface area contributed by atoms with Crippen molar-refractivity contribution in [2.75, 3.05) is 0 Å². The van der Waals surface area contributed by atoms with Gasteiger partial charge in [0.25, 0.3) is 0 Å². The van der Waals surface area contributed by atoms with Crippen molar-refractivity contribution in [3.05, 3.63) is 35.1 Å². The standard InChI is InChI=1S/C12H15FN2O/c1-12(2,3)16-15-8-10-6-11(13)5-4-9(10)7-14/h4-6,15H,8H2,1-3H3. The molecule has 0 radical (unpaired) electrons. The first kappa shape index (κ1) is 12.6. The Balaban J connectivity index is 2.67. The topological polar surface area (TPSA) is 45.0 Å². The minimum absolute atomic E-state index is 0.303. The van der Waals surface area contributed by atoms with Crippen molar-refractivity contribution in [2.45, 2.75) is 32.9 Å². The fraction of sp³-hybridized carbons (Fsp3) is 0.417. The van der Waals surface area contributed by atoms with Crippen molar-refractivity contribution in [1.29, 1.82) is 5.26 Å². The molecule has 16 heavy (non-hydrogen) atoms. The predicted molar refractivity (Wildman–Crippen MR) is 58.8 cm³/mol. The number of nitriles is 1. The first-order valence-corrected chi connectivity index (χ1v) is 5.02. The lowest BCUT2D eigenvalue weighted by atomic mass is 10.1. The molecule has 1 aromatic rings. The number of hydroxylamine groups is 1. The van der Waals surface area contributed by atoms with E-state index in [0.29, 0.717) is 17.7 Å². The number of hydrogen-bond donors (Lipinski definition) is 1. The van der Waals surface area contributed by atoms with Crippen LogP contribution >= 0.6 is 0 Å². The van der Waals surface area contributed by atoms with Crippen LogP contribution in [-0.2, 0) is 11.4 Å². The van der Waals surface area contributed by atoms with E-state index in [-0.39, 0.29) is 11.4 Å². The molecule has 0 aliphatic rings. The number of rotatable bonds is 3. The number of nitrogens with one attached hydrogen (secondary N) is 1. The third-order valence-corrected chi connectivity index (χ3v) is 1.83. The Morgan fingerprint density at radius 2 is 2.12 bits per heavy atom. The van der Waals surface area contributed by atoms with E-state index >= 15 is 0 Å². The van der Waals surface area contributed by atoms with Gasteiger partial charge in [0.15, 0.2) is 0 Å². The van der Waals surface area contributed by atoms with Crippen molar-refractivity contribution < 1.29 is 9.23 Å². The highest BCUT2D eigenvalue weighted by Gasteiger charge is 2.11. The van der Waals surface area contributed by atoms with Crippen LogP contribution in [-0.4, -0.2) is 5.60 Å². The molecule has 0 atom stereocenters. The van der Waals surface area contributed by atoms with Crippen LogP contribution in [0.4, 0.5) is 4.39 Å². The summed E-state index contributed by atoms with van der Waals surface area (Å²) < 4.78 is 13.0. The van der Waals surface area contributed by atoms with Gasteiger partial charge in [-0.1, -0.05) is 0 Å². The van der Waals surface area contributed by atoms with E-state index in [1.54, 1.807) is 0 Å². The van der Waals surface area contributed by atoms with E-state index in [1.165, 1.54) is 18.2 Å². The highest BCUT2D eigenvalue weighted by atomic mass is 19.1. The third-order valence-electron chi connectivity index (χ3n) is 1.83. The van der Waals surface area contributed by atoms with E-state index in [4.69, 9.17) is 10.1 Å². The maximum atomic E-state index is 13.0. The summed E-state index contributed by atoms with van der Waals surface area (Å²) in [6, 6.07) is 6.07. The molecule has 0 saturated heterocycles. The Labute approximate surface area is 94.8 Å². The maximum Gasteiger partial charge on any atom is 0.123 e. The Kier molecular flexibility index (Phi) is 3.99. The summed E-state index contributed by atoms with van der Waals surface area (Å²) in [5.74, 6) is -0.355. The summed E-state index contributed by atoms with van der Waals surface area (Å²) in [4.78, 5) is 5.29. The lowest BCUT2D eigenvalue weighted by Gasteiger charge is -2.19. The molecular weight excluding hydrogens is 207 g/mol. The van der Waals surface area contributed by atoms with Crippen molar-refractivity contribution in [3.63, 3.8) is 0 Å². The van der Waals surface area contributed by atoms with Gasteiger partial charge in [0.1, 0.15) is 5.82 Å². The summed E-state index contributed by atoms with van der Waals surface area (Å²) in [5, 5.41) is 8.83. The number of halogens is 1. The van der Waals surface area contributed by atoms with E-state index in [9.17, 15) is 4.39 Å². The smallest absolute Gasteiger partial charge is 0.123 e.